The normalized spacial score (nSPS) is 11.3. The second-order valence-corrected chi connectivity index (χ2v) is 4.64. The lowest BCUT2D eigenvalue weighted by Gasteiger charge is -2.25. The summed E-state index contributed by atoms with van der Waals surface area (Å²) in [5, 5.41) is 9.64. The second-order valence-electron chi connectivity index (χ2n) is 4.64. The fourth-order valence-corrected chi connectivity index (χ4v) is 1.54. The lowest BCUT2D eigenvalue weighted by Crippen LogP contribution is -2.40. The Bertz CT molecular complexity index is 383. The van der Waals surface area contributed by atoms with Crippen molar-refractivity contribution in [2.24, 2.45) is 0 Å². The van der Waals surface area contributed by atoms with Crippen LogP contribution in [0.3, 0.4) is 0 Å². The number of carbonyl (C=O) groups is 1. The van der Waals surface area contributed by atoms with Crippen LogP contribution in [-0.2, 0) is 0 Å². The third-order valence-electron chi connectivity index (χ3n) is 2.18. The van der Waals surface area contributed by atoms with E-state index in [1.54, 1.807) is 33.2 Å². The zero-order chi connectivity index (χ0) is 12.3. The van der Waals surface area contributed by atoms with Crippen molar-refractivity contribution in [2.75, 3.05) is 13.6 Å². The summed E-state index contributed by atoms with van der Waals surface area (Å²) >= 11 is 0. The molecule has 0 aliphatic rings. The number of rotatable bonds is 3. The largest absolute Gasteiger partial charge is 0.389 e. The van der Waals surface area contributed by atoms with Crippen molar-refractivity contribution in [2.45, 2.75) is 26.4 Å². The molecule has 1 aromatic heterocycles. The van der Waals surface area contributed by atoms with Gasteiger partial charge in [0.2, 0.25) is 0 Å². The summed E-state index contributed by atoms with van der Waals surface area (Å²) in [6.07, 6.45) is 1.60. The van der Waals surface area contributed by atoms with Gasteiger partial charge >= 0.3 is 0 Å². The van der Waals surface area contributed by atoms with E-state index in [-0.39, 0.29) is 12.5 Å². The Morgan fingerprint density at radius 3 is 2.69 bits per heavy atom. The van der Waals surface area contributed by atoms with Gasteiger partial charge in [0.05, 0.1) is 5.60 Å². The lowest BCUT2D eigenvalue weighted by molar-refractivity contribution is 0.0364. The molecule has 88 valence electrons. The van der Waals surface area contributed by atoms with E-state index in [9.17, 15) is 9.90 Å². The number of aryl methyl sites for hydroxylation is 1. The molecular formula is C12H18N2O2. The van der Waals surface area contributed by atoms with Gasteiger partial charge in [0.15, 0.2) is 0 Å². The minimum Gasteiger partial charge on any atom is -0.389 e. The summed E-state index contributed by atoms with van der Waals surface area (Å²) in [5.41, 5.74) is 0.386. The molecule has 0 aromatic carbocycles. The molecule has 1 rings (SSSR count). The highest BCUT2D eigenvalue weighted by Gasteiger charge is 2.21. The topological polar surface area (TPSA) is 53.4 Å². The second kappa shape index (κ2) is 4.61. The van der Waals surface area contributed by atoms with Crippen LogP contribution in [0.15, 0.2) is 18.3 Å². The zero-order valence-corrected chi connectivity index (χ0v) is 10.2. The van der Waals surface area contributed by atoms with Crippen molar-refractivity contribution in [1.29, 1.82) is 0 Å². The van der Waals surface area contributed by atoms with Gasteiger partial charge in [-0.05, 0) is 32.4 Å². The molecule has 0 saturated heterocycles. The van der Waals surface area contributed by atoms with Crippen molar-refractivity contribution in [3.63, 3.8) is 0 Å². The summed E-state index contributed by atoms with van der Waals surface area (Å²) in [4.78, 5) is 17.5. The van der Waals surface area contributed by atoms with Gasteiger partial charge in [-0.2, -0.15) is 0 Å². The standard InChI is InChI=1S/C12H18N2O2/c1-9-6-5-7-13-10(9)11(15)14(4)8-12(2,3)16/h5-7,16H,8H2,1-4H3. The molecule has 0 atom stereocenters. The third-order valence-corrected chi connectivity index (χ3v) is 2.18. The van der Waals surface area contributed by atoms with Crippen LogP contribution in [0, 0.1) is 6.92 Å². The number of likely N-dealkylation sites (N-methyl/N-ethyl adjacent to an activating group) is 1. The monoisotopic (exact) mass is 222 g/mol. The van der Waals surface area contributed by atoms with Crippen molar-refractivity contribution >= 4 is 5.91 Å². The molecular weight excluding hydrogens is 204 g/mol. The highest BCUT2D eigenvalue weighted by molar-refractivity contribution is 5.93. The van der Waals surface area contributed by atoms with Gasteiger partial charge in [0.1, 0.15) is 5.69 Å². The van der Waals surface area contributed by atoms with E-state index in [2.05, 4.69) is 4.98 Å². The molecule has 1 N–H and O–H groups in total. The Labute approximate surface area is 95.9 Å². The van der Waals surface area contributed by atoms with Crippen LogP contribution in [0.1, 0.15) is 29.9 Å². The molecule has 0 aliphatic carbocycles. The van der Waals surface area contributed by atoms with Crippen LogP contribution in [0.25, 0.3) is 0 Å². The zero-order valence-electron chi connectivity index (χ0n) is 10.2. The van der Waals surface area contributed by atoms with Crippen LogP contribution in [0.4, 0.5) is 0 Å². The quantitative estimate of drug-likeness (QED) is 0.837. The Hall–Kier alpha value is -1.42. The molecule has 0 saturated carbocycles. The van der Waals surface area contributed by atoms with Crippen LogP contribution < -0.4 is 0 Å². The van der Waals surface area contributed by atoms with Crippen LogP contribution >= 0.6 is 0 Å². The van der Waals surface area contributed by atoms with Gasteiger partial charge in [0.25, 0.3) is 5.91 Å². The SMILES string of the molecule is Cc1cccnc1C(=O)N(C)CC(C)(C)O. The smallest absolute Gasteiger partial charge is 0.272 e. The fourth-order valence-electron chi connectivity index (χ4n) is 1.54. The van der Waals surface area contributed by atoms with E-state index >= 15 is 0 Å². The maximum absolute atomic E-state index is 12.0. The van der Waals surface area contributed by atoms with Gasteiger partial charge in [-0.3, -0.25) is 9.78 Å². The Kier molecular flexibility index (Phi) is 3.65. The molecule has 0 radical (unpaired) electrons. The van der Waals surface area contributed by atoms with E-state index < -0.39 is 5.60 Å². The minimum atomic E-state index is -0.896. The van der Waals surface area contributed by atoms with Crippen LogP contribution in [-0.4, -0.2) is 40.1 Å². The van der Waals surface area contributed by atoms with Crippen molar-refractivity contribution in [3.05, 3.63) is 29.6 Å². The van der Waals surface area contributed by atoms with E-state index in [0.717, 1.165) is 5.56 Å². The summed E-state index contributed by atoms with van der Waals surface area (Å²) in [6, 6.07) is 3.64. The maximum atomic E-state index is 12.0. The number of pyridine rings is 1. The van der Waals surface area contributed by atoms with Crippen molar-refractivity contribution in [3.8, 4) is 0 Å². The molecule has 1 heterocycles. The average Bonchev–Trinajstić information content (AvgIpc) is 2.15. The highest BCUT2D eigenvalue weighted by atomic mass is 16.3. The lowest BCUT2D eigenvalue weighted by atomic mass is 10.1. The summed E-state index contributed by atoms with van der Waals surface area (Å²) in [5.74, 6) is -0.166. The number of hydrogen-bond donors (Lipinski definition) is 1. The van der Waals surface area contributed by atoms with Gasteiger partial charge in [-0.15, -0.1) is 0 Å². The number of carbonyl (C=O) groups excluding carboxylic acids is 1. The summed E-state index contributed by atoms with van der Waals surface area (Å²) in [7, 11) is 1.66. The molecule has 0 spiro atoms. The molecule has 16 heavy (non-hydrogen) atoms. The molecule has 0 fully saturated rings. The van der Waals surface area contributed by atoms with Crippen LogP contribution in [0.5, 0.6) is 0 Å². The molecule has 1 amide bonds. The highest BCUT2D eigenvalue weighted by Crippen LogP contribution is 2.09. The average molecular weight is 222 g/mol. The fraction of sp³-hybridized carbons (Fsp3) is 0.500. The predicted molar refractivity (Wildman–Crippen MR) is 62.2 cm³/mol. The molecule has 1 aromatic rings. The van der Waals surface area contributed by atoms with Gasteiger partial charge in [-0.1, -0.05) is 6.07 Å². The molecule has 0 unspecified atom stereocenters. The maximum Gasteiger partial charge on any atom is 0.272 e. The number of aromatic nitrogens is 1. The molecule has 0 bridgehead atoms. The molecule has 4 heteroatoms. The van der Waals surface area contributed by atoms with E-state index in [0.29, 0.717) is 5.69 Å². The first-order chi connectivity index (χ1) is 7.31. The summed E-state index contributed by atoms with van der Waals surface area (Å²) < 4.78 is 0. The van der Waals surface area contributed by atoms with Gasteiger partial charge in [-0.25, -0.2) is 0 Å². The first kappa shape index (κ1) is 12.6. The minimum absolute atomic E-state index is 0.166. The van der Waals surface area contributed by atoms with Crippen molar-refractivity contribution < 1.29 is 9.90 Å². The predicted octanol–water partition coefficient (Wildman–Crippen LogP) is 1.23. The van der Waals surface area contributed by atoms with Gasteiger partial charge in [0, 0.05) is 19.8 Å². The number of aliphatic hydroxyl groups is 1. The molecule has 0 aliphatic heterocycles. The van der Waals surface area contributed by atoms with E-state index in [1.807, 2.05) is 13.0 Å². The Morgan fingerprint density at radius 2 is 2.19 bits per heavy atom. The Morgan fingerprint density at radius 1 is 1.56 bits per heavy atom. The van der Waals surface area contributed by atoms with Gasteiger partial charge < -0.3 is 10.0 Å². The third kappa shape index (κ3) is 3.31. The number of hydrogen-bond acceptors (Lipinski definition) is 3. The number of amides is 1. The first-order valence-electron chi connectivity index (χ1n) is 5.21. The van der Waals surface area contributed by atoms with E-state index in [4.69, 9.17) is 0 Å². The Balaban J connectivity index is 2.83. The summed E-state index contributed by atoms with van der Waals surface area (Å²) in [6.45, 7) is 5.46. The van der Waals surface area contributed by atoms with Crippen molar-refractivity contribution in [1.82, 2.24) is 9.88 Å². The van der Waals surface area contributed by atoms with Crippen LogP contribution in [0.2, 0.25) is 0 Å². The van der Waals surface area contributed by atoms with E-state index in [1.165, 1.54) is 4.90 Å². The number of nitrogens with zero attached hydrogens (tertiary/aromatic N) is 2. The first-order valence-corrected chi connectivity index (χ1v) is 5.21. The molecule has 4 nitrogen and oxygen atoms in total.